The molecule has 4 aliphatic rings. The van der Waals surface area contributed by atoms with Gasteiger partial charge in [0, 0.05) is 12.6 Å². The zero-order valence-electron chi connectivity index (χ0n) is 21.6. The predicted octanol–water partition coefficient (Wildman–Crippen LogP) is 2.45. The van der Waals surface area contributed by atoms with Crippen LogP contribution in [0.5, 0.6) is 0 Å². The summed E-state index contributed by atoms with van der Waals surface area (Å²) < 4.78 is 12.4. The Morgan fingerprint density at radius 1 is 1.09 bits per heavy atom. The number of carbonyl (C=O) groups excluding carboxylic acids is 3. The van der Waals surface area contributed by atoms with Gasteiger partial charge in [-0.15, -0.1) is 0 Å². The van der Waals surface area contributed by atoms with E-state index in [0.29, 0.717) is 19.4 Å². The Hall–Kier alpha value is -2.19. The topological polar surface area (TPSA) is 96.4 Å². The van der Waals surface area contributed by atoms with Crippen molar-refractivity contribution in [2.45, 2.75) is 89.6 Å². The molecule has 4 rings (SSSR count). The Labute approximate surface area is 208 Å². The monoisotopic (exact) mass is 488 g/mol. The fraction of sp³-hybridized carbons (Fsp3) is 0.741. The van der Waals surface area contributed by atoms with Gasteiger partial charge in [-0.2, -0.15) is 0 Å². The largest absolute Gasteiger partial charge is 0.465 e. The molecule has 8 nitrogen and oxygen atoms in total. The molecule has 0 aliphatic carbocycles. The van der Waals surface area contributed by atoms with Crippen molar-refractivity contribution in [1.82, 2.24) is 9.80 Å². The van der Waals surface area contributed by atoms with Gasteiger partial charge in [0.15, 0.2) is 0 Å². The van der Waals surface area contributed by atoms with E-state index in [4.69, 9.17) is 9.47 Å². The highest BCUT2D eigenvalue weighted by atomic mass is 16.6. The van der Waals surface area contributed by atoms with Crippen LogP contribution >= 0.6 is 0 Å². The zero-order valence-corrected chi connectivity index (χ0v) is 21.6. The zero-order chi connectivity index (χ0) is 25.5. The van der Waals surface area contributed by atoms with E-state index in [0.717, 1.165) is 12.8 Å². The molecule has 1 spiro atoms. The van der Waals surface area contributed by atoms with Crippen LogP contribution in [-0.4, -0.2) is 81.8 Å². The molecule has 0 aromatic rings. The number of hydrogen-bond acceptors (Lipinski definition) is 6. The summed E-state index contributed by atoms with van der Waals surface area (Å²) >= 11 is 0. The fourth-order valence-electron chi connectivity index (χ4n) is 6.63. The van der Waals surface area contributed by atoms with E-state index >= 15 is 0 Å². The Morgan fingerprint density at radius 2 is 1.83 bits per heavy atom. The second kappa shape index (κ2) is 9.69. The van der Waals surface area contributed by atoms with Gasteiger partial charge in [0.1, 0.15) is 23.2 Å². The number of cyclic esters (lactones) is 1. The molecule has 7 atom stereocenters. The maximum absolute atomic E-state index is 14.3. The SMILES string of the molecule is CCCC(C)N1CC=C[C@]23O[C@]4(CC)C=CCCOC(=O)[C@@H]4[C@H]2C(=O)N([C@@H](CO)C(C)C)C3C1=O. The Morgan fingerprint density at radius 3 is 2.46 bits per heavy atom. The molecule has 2 amide bonds. The first-order valence-electron chi connectivity index (χ1n) is 13.1. The molecule has 2 saturated heterocycles. The first-order chi connectivity index (χ1) is 16.7. The second-order valence-corrected chi connectivity index (χ2v) is 10.8. The van der Waals surface area contributed by atoms with Crippen molar-refractivity contribution in [1.29, 1.82) is 0 Å². The van der Waals surface area contributed by atoms with Crippen molar-refractivity contribution in [3.8, 4) is 0 Å². The van der Waals surface area contributed by atoms with E-state index in [-0.39, 0.29) is 37.0 Å². The molecular weight excluding hydrogens is 448 g/mol. The van der Waals surface area contributed by atoms with Crippen LogP contribution in [0.25, 0.3) is 0 Å². The van der Waals surface area contributed by atoms with Gasteiger partial charge in [-0.25, -0.2) is 0 Å². The third-order valence-corrected chi connectivity index (χ3v) is 8.42. The van der Waals surface area contributed by atoms with Crippen LogP contribution in [0.15, 0.2) is 24.3 Å². The summed E-state index contributed by atoms with van der Waals surface area (Å²) in [5.74, 6) is -2.84. The maximum atomic E-state index is 14.3. The lowest BCUT2D eigenvalue weighted by Crippen LogP contribution is -2.60. The lowest BCUT2D eigenvalue weighted by molar-refractivity contribution is -0.164. The molecule has 0 aromatic carbocycles. The lowest BCUT2D eigenvalue weighted by Gasteiger charge is -2.42. The third kappa shape index (κ3) is 3.84. The molecule has 0 bridgehead atoms. The molecule has 0 saturated carbocycles. The van der Waals surface area contributed by atoms with Crippen molar-refractivity contribution in [2.24, 2.45) is 17.8 Å². The van der Waals surface area contributed by atoms with Crippen molar-refractivity contribution in [2.75, 3.05) is 19.8 Å². The van der Waals surface area contributed by atoms with Gasteiger partial charge in [-0.05, 0) is 32.1 Å². The molecule has 2 unspecified atom stereocenters. The Bertz CT molecular complexity index is 915. The number of ether oxygens (including phenoxy) is 2. The van der Waals surface area contributed by atoms with Gasteiger partial charge in [-0.3, -0.25) is 14.4 Å². The molecular formula is C27H40N2O6. The van der Waals surface area contributed by atoms with Gasteiger partial charge < -0.3 is 24.4 Å². The van der Waals surface area contributed by atoms with Crippen molar-refractivity contribution in [3.05, 3.63) is 24.3 Å². The minimum atomic E-state index is -1.31. The first-order valence-corrected chi connectivity index (χ1v) is 13.1. The van der Waals surface area contributed by atoms with Crippen molar-refractivity contribution >= 4 is 17.8 Å². The number of aliphatic hydroxyl groups is 1. The molecule has 0 radical (unpaired) electrons. The van der Waals surface area contributed by atoms with Gasteiger partial charge >= 0.3 is 5.97 Å². The first kappa shape index (κ1) is 25.9. The molecule has 2 fully saturated rings. The number of likely N-dealkylation sites (tertiary alicyclic amines) is 1. The fourth-order valence-corrected chi connectivity index (χ4v) is 6.63. The minimum Gasteiger partial charge on any atom is -0.465 e. The van der Waals surface area contributed by atoms with Crippen LogP contribution in [0.3, 0.4) is 0 Å². The predicted molar refractivity (Wildman–Crippen MR) is 130 cm³/mol. The standard InChI is InChI=1S/C27H40N2O6/c1-6-11-18(5)28-14-10-13-27-20(21-25(33)34-15-9-8-12-26(21,7-2)35-27)23(31)29(22(27)24(28)32)19(16-30)17(3)4/h8,10,12-13,17-22,30H,6-7,9,11,14-16H2,1-5H3/t18?,19-,20-,21-,22?,26+,27-/m0/s1. The maximum Gasteiger partial charge on any atom is 0.313 e. The minimum absolute atomic E-state index is 0.0185. The average molecular weight is 489 g/mol. The third-order valence-electron chi connectivity index (χ3n) is 8.42. The number of amides is 2. The number of carbonyl (C=O) groups is 3. The lowest BCUT2D eigenvalue weighted by atomic mass is 9.73. The van der Waals surface area contributed by atoms with E-state index in [1.165, 1.54) is 4.90 Å². The number of hydrogen-bond donors (Lipinski definition) is 1. The summed E-state index contributed by atoms with van der Waals surface area (Å²) in [6.45, 7) is 10.3. The van der Waals surface area contributed by atoms with Crippen LogP contribution in [0.1, 0.15) is 60.3 Å². The highest BCUT2D eigenvalue weighted by molar-refractivity contribution is 5.99. The van der Waals surface area contributed by atoms with Crippen molar-refractivity contribution in [3.63, 3.8) is 0 Å². The van der Waals surface area contributed by atoms with Crippen LogP contribution in [0.2, 0.25) is 0 Å². The van der Waals surface area contributed by atoms with Crippen LogP contribution in [-0.2, 0) is 23.9 Å². The van der Waals surface area contributed by atoms with Crippen LogP contribution in [0.4, 0.5) is 0 Å². The summed E-state index contributed by atoms with van der Waals surface area (Å²) in [5.41, 5.74) is -2.35. The summed E-state index contributed by atoms with van der Waals surface area (Å²) in [4.78, 5) is 45.3. The summed E-state index contributed by atoms with van der Waals surface area (Å²) in [6, 6.07) is -1.56. The molecule has 4 aliphatic heterocycles. The number of rotatable bonds is 7. The van der Waals surface area contributed by atoms with E-state index in [9.17, 15) is 19.5 Å². The highest BCUT2D eigenvalue weighted by Crippen LogP contribution is 2.58. The van der Waals surface area contributed by atoms with Crippen molar-refractivity contribution < 1.29 is 29.0 Å². The van der Waals surface area contributed by atoms with E-state index in [1.54, 1.807) is 0 Å². The molecule has 194 valence electrons. The normalized spacial score (nSPS) is 36.3. The van der Waals surface area contributed by atoms with Crippen LogP contribution in [0, 0.1) is 17.8 Å². The highest BCUT2D eigenvalue weighted by Gasteiger charge is 2.76. The van der Waals surface area contributed by atoms with Gasteiger partial charge in [0.05, 0.1) is 25.2 Å². The number of fused-ring (bicyclic) bond motifs is 2. The number of esters is 1. The van der Waals surface area contributed by atoms with E-state index in [1.807, 2.05) is 56.9 Å². The average Bonchev–Trinajstić information content (AvgIpc) is 3.15. The number of aliphatic hydroxyl groups excluding tert-OH is 1. The quantitative estimate of drug-likeness (QED) is 0.437. The van der Waals surface area contributed by atoms with Gasteiger partial charge in [0.2, 0.25) is 11.8 Å². The van der Waals surface area contributed by atoms with E-state index in [2.05, 4.69) is 6.92 Å². The van der Waals surface area contributed by atoms with E-state index < -0.39 is 41.1 Å². The van der Waals surface area contributed by atoms with Gasteiger partial charge in [0.25, 0.3) is 0 Å². The summed E-state index contributed by atoms with van der Waals surface area (Å²) in [6.07, 6.45) is 10.4. The molecule has 4 heterocycles. The van der Waals surface area contributed by atoms with Gasteiger partial charge in [-0.1, -0.05) is 58.4 Å². The number of nitrogens with zero attached hydrogens (tertiary/aromatic N) is 2. The Kier molecular flexibility index (Phi) is 7.17. The smallest absolute Gasteiger partial charge is 0.313 e. The second-order valence-electron chi connectivity index (χ2n) is 10.8. The molecule has 1 N–H and O–H groups in total. The summed E-state index contributed by atoms with van der Waals surface area (Å²) in [7, 11) is 0. The summed E-state index contributed by atoms with van der Waals surface area (Å²) in [5, 5.41) is 10.3. The van der Waals surface area contributed by atoms with Crippen LogP contribution < -0.4 is 0 Å². The molecule has 35 heavy (non-hydrogen) atoms. The Balaban J connectivity index is 1.92. The molecule has 0 aromatic heterocycles. The molecule has 8 heteroatoms.